The number of carbonyl (C=O) groups excluding carboxylic acids is 1. The van der Waals surface area contributed by atoms with Crippen molar-refractivity contribution in [1.29, 1.82) is 0 Å². The number of nitrogens with one attached hydrogen (secondary N) is 2. The quantitative estimate of drug-likeness (QED) is 0.850. The van der Waals surface area contributed by atoms with Gasteiger partial charge in [-0.3, -0.25) is 4.79 Å². The van der Waals surface area contributed by atoms with Crippen molar-refractivity contribution in [3.8, 4) is 0 Å². The highest BCUT2D eigenvalue weighted by molar-refractivity contribution is 7.89. The van der Waals surface area contributed by atoms with Crippen LogP contribution in [-0.4, -0.2) is 21.4 Å². The molecule has 0 unspecified atom stereocenters. The van der Waals surface area contributed by atoms with Crippen LogP contribution in [0.5, 0.6) is 0 Å². The zero-order valence-electron chi connectivity index (χ0n) is 11.9. The van der Waals surface area contributed by atoms with Crippen LogP contribution in [0.15, 0.2) is 39.8 Å². The van der Waals surface area contributed by atoms with E-state index >= 15 is 0 Å². The van der Waals surface area contributed by atoms with Crippen LogP contribution in [0, 0.1) is 0 Å². The zero-order chi connectivity index (χ0) is 18.1. The molecule has 0 aliphatic heterocycles. The van der Waals surface area contributed by atoms with Gasteiger partial charge in [0.1, 0.15) is 0 Å². The van der Waals surface area contributed by atoms with Gasteiger partial charge in [-0.2, -0.15) is 13.2 Å². The first-order chi connectivity index (χ1) is 11.0. The van der Waals surface area contributed by atoms with E-state index < -0.39 is 38.5 Å². The Balaban J connectivity index is 2.28. The van der Waals surface area contributed by atoms with Crippen molar-refractivity contribution in [3.05, 3.63) is 46.7 Å². The Labute approximate surface area is 139 Å². The first kappa shape index (κ1) is 18.3. The maximum absolute atomic E-state index is 12.7. The van der Waals surface area contributed by atoms with E-state index in [1.54, 1.807) is 0 Å². The molecule has 0 bridgehead atoms. The SMILES string of the molecule is CNS(=O)(=O)c1ccc(C(=O)Nc2cc(C(F)(F)F)ccc2Cl)o1. The number of halogens is 4. The highest BCUT2D eigenvalue weighted by Crippen LogP contribution is 2.34. The van der Waals surface area contributed by atoms with Gasteiger partial charge < -0.3 is 9.73 Å². The minimum Gasteiger partial charge on any atom is -0.438 e. The summed E-state index contributed by atoms with van der Waals surface area (Å²) in [5, 5.41) is 1.51. The molecule has 0 saturated heterocycles. The summed E-state index contributed by atoms with van der Waals surface area (Å²) in [4.78, 5) is 12.0. The fraction of sp³-hybridized carbons (Fsp3) is 0.154. The van der Waals surface area contributed by atoms with Crippen molar-refractivity contribution in [2.75, 3.05) is 12.4 Å². The number of amides is 1. The molecule has 24 heavy (non-hydrogen) atoms. The highest BCUT2D eigenvalue weighted by Gasteiger charge is 2.31. The molecular weight excluding hydrogens is 373 g/mol. The van der Waals surface area contributed by atoms with Gasteiger partial charge in [-0.25, -0.2) is 13.1 Å². The van der Waals surface area contributed by atoms with E-state index in [1.807, 2.05) is 4.72 Å². The normalized spacial score (nSPS) is 12.2. The molecule has 2 rings (SSSR count). The monoisotopic (exact) mass is 382 g/mol. The maximum Gasteiger partial charge on any atom is 0.416 e. The summed E-state index contributed by atoms with van der Waals surface area (Å²) >= 11 is 5.76. The summed E-state index contributed by atoms with van der Waals surface area (Å²) in [6.07, 6.45) is -4.61. The zero-order valence-corrected chi connectivity index (χ0v) is 13.5. The van der Waals surface area contributed by atoms with Crippen molar-refractivity contribution in [2.24, 2.45) is 0 Å². The number of alkyl halides is 3. The van der Waals surface area contributed by atoms with Crippen LogP contribution in [0.2, 0.25) is 5.02 Å². The van der Waals surface area contributed by atoms with Gasteiger partial charge in [-0.05, 0) is 37.4 Å². The third-order valence-corrected chi connectivity index (χ3v) is 4.50. The molecule has 0 atom stereocenters. The second-order valence-corrected chi connectivity index (χ2v) is 6.70. The van der Waals surface area contributed by atoms with E-state index in [-0.39, 0.29) is 10.7 Å². The Morgan fingerprint density at radius 2 is 1.88 bits per heavy atom. The fourth-order valence-electron chi connectivity index (χ4n) is 1.67. The summed E-state index contributed by atoms with van der Waals surface area (Å²) in [7, 11) is -2.74. The molecule has 0 aliphatic carbocycles. The van der Waals surface area contributed by atoms with E-state index in [4.69, 9.17) is 16.0 Å². The standard InChI is InChI=1S/C13H10ClF3N2O4S/c1-18-24(21,22)11-5-4-10(23-11)12(20)19-9-6-7(13(15,16)17)2-3-8(9)14/h2-6,18H,1H3,(H,19,20). The highest BCUT2D eigenvalue weighted by atomic mass is 35.5. The van der Waals surface area contributed by atoms with Gasteiger partial charge in [0.05, 0.1) is 16.3 Å². The van der Waals surface area contributed by atoms with Crippen molar-refractivity contribution in [1.82, 2.24) is 4.72 Å². The van der Waals surface area contributed by atoms with Crippen molar-refractivity contribution in [2.45, 2.75) is 11.3 Å². The number of rotatable bonds is 4. The lowest BCUT2D eigenvalue weighted by molar-refractivity contribution is -0.137. The van der Waals surface area contributed by atoms with Crippen LogP contribution in [0.1, 0.15) is 16.1 Å². The average molecular weight is 383 g/mol. The third kappa shape index (κ3) is 3.89. The summed E-state index contributed by atoms with van der Waals surface area (Å²) in [6.45, 7) is 0. The predicted molar refractivity (Wildman–Crippen MR) is 79.4 cm³/mol. The first-order valence-corrected chi connectivity index (χ1v) is 8.12. The number of anilines is 1. The van der Waals surface area contributed by atoms with Crippen LogP contribution in [-0.2, 0) is 16.2 Å². The second kappa shape index (κ2) is 6.46. The lowest BCUT2D eigenvalue weighted by Gasteiger charge is -2.11. The summed E-state index contributed by atoms with van der Waals surface area (Å²) < 4.78 is 68.0. The number of sulfonamides is 1. The molecule has 1 aromatic heterocycles. The van der Waals surface area contributed by atoms with Crippen LogP contribution in [0.4, 0.5) is 18.9 Å². The summed E-state index contributed by atoms with van der Waals surface area (Å²) in [5.74, 6) is -1.36. The molecule has 0 saturated carbocycles. The molecule has 1 aromatic carbocycles. The number of carbonyl (C=O) groups is 1. The fourth-order valence-corrected chi connectivity index (χ4v) is 2.48. The van der Waals surface area contributed by atoms with Crippen LogP contribution in [0.25, 0.3) is 0 Å². The first-order valence-electron chi connectivity index (χ1n) is 6.26. The van der Waals surface area contributed by atoms with Crippen molar-refractivity contribution in [3.63, 3.8) is 0 Å². The molecule has 0 spiro atoms. The minimum atomic E-state index is -4.61. The lowest BCUT2D eigenvalue weighted by Crippen LogP contribution is -2.18. The molecule has 130 valence electrons. The van der Waals surface area contributed by atoms with E-state index in [0.717, 1.165) is 31.3 Å². The number of benzene rings is 1. The number of furan rings is 1. The molecule has 0 fully saturated rings. The largest absolute Gasteiger partial charge is 0.438 e. The molecule has 6 nitrogen and oxygen atoms in total. The van der Waals surface area contributed by atoms with Gasteiger partial charge in [-0.1, -0.05) is 11.6 Å². The van der Waals surface area contributed by atoms with E-state index in [1.165, 1.54) is 0 Å². The number of hydrogen-bond acceptors (Lipinski definition) is 4. The Morgan fingerprint density at radius 1 is 1.21 bits per heavy atom. The average Bonchev–Trinajstić information content (AvgIpc) is 2.99. The molecule has 0 radical (unpaired) electrons. The van der Waals surface area contributed by atoms with Crippen LogP contribution in [0.3, 0.4) is 0 Å². The second-order valence-electron chi connectivity index (χ2n) is 4.47. The van der Waals surface area contributed by atoms with Gasteiger partial charge in [0.2, 0.25) is 5.09 Å². The lowest BCUT2D eigenvalue weighted by atomic mass is 10.2. The Morgan fingerprint density at radius 3 is 2.46 bits per heavy atom. The van der Waals surface area contributed by atoms with E-state index in [9.17, 15) is 26.4 Å². The van der Waals surface area contributed by atoms with Crippen molar-refractivity contribution < 1.29 is 30.8 Å². The molecule has 0 aliphatic rings. The molecule has 11 heteroatoms. The predicted octanol–water partition coefficient (Wildman–Crippen LogP) is 3.11. The molecular formula is C13H10ClF3N2O4S. The van der Waals surface area contributed by atoms with Crippen LogP contribution < -0.4 is 10.0 Å². The summed E-state index contributed by atoms with van der Waals surface area (Å²) in [6, 6.07) is 4.52. The molecule has 2 N–H and O–H groups in total. The van der Waals surface area contributed by atoms with Gasteiger partial charge in [0, 0.05) is 0 Å². The van der Waals surface area contributed by atoms with E-state index in [0.29, 0.717) is 6.07 Å². The smallest absolute Gasteiger partial charge is 0.416 e. The van der Waals surface area contributed by atoms with Gasteiger partial charge in [0.25, 0.3) is 15.9 Å². The molecule has 2 aromatic rings. The van der Waals surface area contributed by atoms with E-state index in [2.05, 4.69) is 5.32 Å². The van der Waals surface area contributed by atoms with Crippen molar-refractivity contribution >= 4 is 33.2 Å². The van der Waals surface area contributed by atoms with Gasteiger partial charge in [0.15, 0.2) is 5.76 Å². The Kier molecular flexibility index (Phi) is 4.92. The summed E-state index contributed by atoms with van der Waals surface area (Å²) in [5.41, 5.74) is -1.29. The van der Waals surface area contributed by atoms with Gasteiger partial charge in [-0.15, -0.1) is 0 Å². The Bertz CT molecular complexity index is 878. The topological polar surface area (TPSA) is 88.4 Å². The maximum atomic E-state index is 12.7. The third-order valence-electron chi connectivity index (χ3n) is 2.88. The molecule has 1 amide bonds. The number of hydrogen-bond donors (Lipinski definition) is 2. The van der Waals surface area contributed by atoms with Crippen LogP contribution >= 0.6 is 11.6 Å². The molecule has 1 heterocycles. The Hall–Kier alpha value is -2.04. The van der Waals surface area contributed by atoms with Gasteiger partial charge >= 0.3 is 6.18 Å². The minimum absolute atomic E-state index is 0.119.